The topological polar surface area (TPSA) is 98.3 Å². The zero-order valence-electron chi connectivity index (χ0n) is 9.05. The molecule has 86 valence electrons. The van der Waals surface area contributed by atoms with Crippen molar-refractivity contribution in [1.29, 1.82) is 0 Å². The summed E-state index contributed by atoms with van der Waals surface area (Å²) in [7, 11) is 0. The number of aliphatic hydroxyl groups is 1. The fourth-order valence-corrected chi connectivity index (χ4v) is 1.64. The molecule has 5 N–H and O–H groups in total. The zero-order chi connectivity index (χ0) is 11.7. The van der Waals surface area contributed by atoms with E-state index in [9.17, 15) is 5.11 Å². The average Bonchev–Trinajstić information content (AvgIpc) is 2.65. The Balaban J connectivity index is 2.38. The fraction of sp³-hybridized carbons (Fsp3) is 0.364. The Morgan fingerprint density at radius 1 is 1.50 bits per heavy atom. The lowest BCUT2D eigenvalue weighted by molar-refractivity contribution is 0.153. The Hall–Kier alpha value is -1.43. The maximum absolute atomic E-state index is 9.56. The van der Waals surface area contributed by atoms with Gasteiger partial charge in [0.25, 0.3) is 0 Å². The van der Waals surface area contributed by atoms with Crippen molar-refractivity contribution in [1.82, 2.24) is 4.98 Å². The third-order valence-electron chi connectivity index (χ3n) is 2.56. The highest BCUT2D eigenvalue weighted by Gasteiger charge is 2.16. The van der Waals surface area contributed by atoms with E-state index in [2.05, 4.69) is 4.98 Å². The number of rotatable bonds is 3. The van der Waals surface area contributed by atoms with Crippen LogP contribution in [0.2, 0.25) is 0 Å². The predicted molar refractivity (Wildman–Crippen MR) is 60.7 cm³/mol. The zero-order valence-corrected chi connectivity index (χ0v) is 9.05. The van der Waals surface area contributed by atoms with Crippen molar-refractivity contribution in [3.63, 3.8) is 0 Å². The van der Waals surface area contributed by atoms with Crippen LogP contribution in [0, 0.1) is 6.92 Å². The van der Waals surface area contributed by atoms with Crippen molar-refractivity contribution in [3.05, 3.63) is 29.7 Å². The quantitative estimate of drug-likeness (QED) is 0.699. The van der Waals surface area contributed by atoms with Crippen LogP contribution in [-0.4, -0.2) is 22.7 Å². The van der Waals surface area contributed by atoms with Gasteiger partial charge in [-0.25, -0.2) is 4.98 Å². The number of hydrogen-bond acceptors (Lipinski definition) is 5. The number of nitrogens with zero attached hydrogens (tertiary/aromatic N) is 1. The summed E-state index contributed by atoms with van der Waals surface area (Å²) in [6.07, 6.45) is -0.745. The minimum atomic E-state index is -0.745. The first-order valence-electron chi connectivity index (χ1n) is 5.12. The van der Waals surface area contributed by atoms with E-state index in [4.69, 9.17) is 15.9 Å². The molecule has 2 atom stereocenters. The number of benzene rings is 1. The number of fused-ring (bicyclic) bond motifs is 1. The van der Waals surface area contributed by atoms with Gasteiger partial charge in [0, 0.05) is 13.5 Å². The van der Waals surface area contributed by atoms with Crippen molar-refractivity contribution in [2.45, 2.75) is 19.1 Å². The molecule has 0 aliphatic rings. The van der Waals surface area contributed by atoms with Gasteiger partial charge in [-0.05, 0) is 17.7 Å². The molecular formula is C11H15N3O2. The van der Waals surface area contributed by atoms with Crippen LogP contribution in [0.5, 0.6) is 0 Å². The van der Waals surface area contributed by atoms with Crippen molar-refractivity contribution in [2.24, 2.45) is 11.5 Å². The minimum absolute atomic E-state index is 0.136. The van der Waals surface area contributed by atoms with Crippen LogP contribution < -0.4 is 11.5 Å². The van der Waals surface area contributed by atoms with E-state index in [0.29, 0.717) is 5.89 Å². The molecular weight excluding hydrogens is 206 g/mol. The number of nitrogens with two attached hydrogens (primary N) is 2. The third-order valence-corrected chi connectivity index (χ3v) is 2.56. The monoisotopic (exact) mass is 221 g/mol. The van der Waals surface area contributed by atoms with E-state index in [1.54, 1.807) is 13.0 Å². The van der Waals surface area contributed by atoms with E-state index < -0.39 is 12.1 Å². The fourth-order valence-electron chi connectivity index (χ4n) is 1.64. The normalized spacial score (nSPS) is 15.2. The first kappa shape index (κ1) is 11.1. The first-order chi connectivity index (χ1) is 7.61. The van der Waals surface area contributed by atoms with Crippen molar-refractivity contribution in [3.8, 4) is 0 Å². The molecule has 5 nitrogen and oxygen atoms in total. The Morgan fingerprint density at radius 2 is 2.25 bits per heavy atom. The highest BCUT2D eigenvalue weighted by Crippen LogP contribution is 2.21. The van der Waals surface area contributed by atoms with Crippen LogP contribution in [0.4, 0.5) is 0 Å². The van der Waals surface area contributed by atoms with Crippen molar-refractivity contribution in [2.75, 3.05) is 6.54 Å². The Morgan fingerprint density at radius 3 is 2.94 bits per heavy atom. The molecule has 1 heterocycles. The smallest absolute Gasteiger partial charge is 0.192 e. The number of aliphatic hydroxyl groups excluding tert-OH is 1. The van der Waals surface area contributed by atoms with E-state index >= 15 is 0 Å². The summed E-state index contributed by atoms with van der Waals surface area (Å²) in [5, 5.41) is 9.56. The number of aromatic nitrogens is 1. The Labute approximate surface area is 93.1 Å². The maximum Gasteiger partial charge on any atom is 0.192 e. The molecule has 16 heavy (non-hydrogen) atoms. The largest absolute Gasteiger partial charge is 0.441 e. The Kier molecular flexibility index (Phi) is 2.91. The molecule has 0 saturated carbocycles. The SMILES string of the molecule is Cc1nc2cc(C(N)C(O)CN)ccc2o1. The van der Waals surface area contributed by atoms with Gasteiger partial charge >= 0.3 is 0 Å². The summed E-state index contributed by atoms with van der Waals surface area (Å²) >= 11 is 0. The van der Waals surface area contributed by atoms with Gasteiger partial charge < -0.3 is 21.0 Å². The lowest BCUT2D eigenvalue weighted by Crippen LogP contribution is -2.32. The van der Waals surface area contributed by atoms with Gasteiger partial charge in [0.1, 0.15) is 5.52 Å². The molecule has 2 unspecified atom stereocenters. The van der Waals surface area contributed by atoms with Gasteiger partial charge in [-0.2, -0.15) is 0 Å². The molecule has 1 aromatic carbocycles. The van der Waals surface area contributed by atoms with Crippen molar-refractivity contribution >= 4 is 11.1 Å². The highest BCUT2D eigenvalue weighted by atomic mass is 16.3. The van der Waals surface area contributed by atoms with Crippen LogP contribution in [0.15, 0.2) is 22.6 Å². The molecule has 0 bridgehead atoms. The summed E-state index contributed by atoms with van der Waals surface area (Å²) < 4.78 is 5.35. The molecule has 1 aromatic heterocycles. The molecule has 0 aliphatic heterocycles. The summed E-state index contributed by atoms with van der Waals surface area (Å²) in [5.41, 5.74) is 13.5. The van der Waals surface area contributed by atoms with Crippen LogP contribution in [0.25, 0.3) is 11.1 Å². The molecule has 5 heteroatoms. The van der Waals surface area contributed by atoms with E-state index in [1.165, 1.54) is 0 Å². The molecule has 2 rings (SSSR count). The third kappa shape index (κ3) is 1.92. The minimum Gasteiger partial charge on any atom is -0.441 e. The van der Waals surface area contributed by atoms with E-state index in [-0.39, 0.29) is 6.54 Å². The van der Waals surface area contributed by atoms with Crippen LogP contribution in [0.1, 0.15) is 17.5 Å². The first-order valence-corrected chi connectivity index (χ1v) is 5.12. The second-order valence-electron chi connectivity index (χ2n) is 3.79. The number of hydrogen-bond donors (Lipinski definition) is 3. The molecule has 0 fully saturated rings. The second kappa shape index (κ2) is 4.21. The summed E-state index contributed by atoms with van der Waals surface area (Å²) in [4.78, 5) is 4.21. The van der Waals surface area contributed by atoms with Crippen LogP contribution in [0.3, 0.4) is 0 Å². The standard InChI is InChI=1S/C11H15N3O2/c1-6-14-8-4-7(2-3-10(8)16-6)11(13)9(15)5-12/h2-4,9,11,15H,5,12-13H2,1H3. The summed E-state index contributed by atoms with van der Waals surface area (Å²) in [5.74, 6) is 0.611. The maximum atomic E-state index is 9.56. The van der Waals surface area contributed by atoms with E-state index in [1.807, 2.05) is 12.1 Å². The van der Waals surface area contributed by atoms with E-state index in [0.717, 1.165) is 16.7 Å². The molecule has 0 amide bonds. The molecule has 0 radical (unpaired) electrons. The van der Waals surface area contributed by atoms with Gasteiger partial charge in [-0.15, -0.1) is 0 Å². The lowest BCUT2D eigenvalue weighted by Gasteiger charge is -2.17. The second-order valence-corrected chi connectivity index (χ2v) is 3.79. The van der Waals surface area contributed by atoms with Gasteiger partial charge in [-0.3, -0.25) is 0 Å². The molecule has 2 aromatic rings. The molecule has 0 spiro atoms. The number of aryl methyl sites for hydroxylation is 1. The lowest BCUT2D eigenvalue weighted by atomic mass is 10.0. The van der Waals surface area contributed by atoms with Gasteiger partial charge in [0.05, 0.1) is 12.1 Å². The van der Waals surface area contributed by atoms with Gasteiger partial charge in [0.15, 0.2) is 11.5 Å². The highest BCUT2D eigenvalue weighted by molar-refractivity contribution is 5.73. The summed E-state index contributed by atoms with van der Waals surface area (Å²) in [6, 6.07) is 4.94. The van der Waals surface area contributed by atoms with Crippen molar-refractivity contribution < 1.29 is 9.52 Å². The predicted octanol–water partition coefficient (Wildman–Crippen LogP) is 0.456. The Bertz CT molecular complexity index is 495. The molecule has 0 saturated heterocycles. The number of oxazole rings is 1. The average molecular weight is 221 g/mol. The van der Waals surface area contributed by atoms with Gasteiger partial charge in [0.2, 0.25) is 0 Å². The summed E-state index contributed by atoms with van der Waals surface area (Å²) in [6.45, 7) is 1.92. The van der Waals surface area contributed by atoms with Gasteiger partial charge in [-0.1, -0.05) is 6.07 Å². The van der Waals surface area contributed by atoms with Crippen LogP contribution >= 0.6 is 0 Å². The van der Waals surface area contributed by atoms with Crippen LogP contribution in [-0.2, 0) is 0 Å². The molecule has 0 aliphatic carbocycles.